The van der Waals surface area contributed by atoms with Crippen molar-refractivity contribution in [3.05, 3.63) is 65.2 Å². The second-order valence-electron chi connectivity index (χ2n) is 10.3. The number of carbonyl (C=O) groups excluding carboxylic acids is 3. The molecule has 4 rings (SSSR count). The van der Waals surface area contributed by atoms with Gasteiger partial charge in [0.2, 0.25) is 0 Å². The third kappa shape index (κ3) is 6.64. The third-order valence-electron chi connectivity index (χ3n) is 6.20. The maximum Gasteiger partial charge on any atom is 0.410 e. The summed E-state index contributed by atoms with van der Waals surface area (Å²) in [4.78, 5) is 52.2. The average molecular weight is 545 g/mol. The van der Waals surface area contributed by atoms with Crippen molar-refractivity contribution in [1.29, 1.82) is 5.26 Å². The summed E-state index contributed by atoms with van der Waals surface area (Å²) < 4.78 is 10.9. The Bertz CT molecular complexity index is 1430. The Morgan fingerprint density at radius 3 is 2.60 bits per heavy atom. The Morgan fingerprint density at radius 1 is 1.18 bits per heavy atom. The lowest BCUT2D eigenvalue weighted by atomic mass is 10.0. The minimum absolute atomic E-state index is 0.168. The van der Waals surface area contributed by atoms with E-state index in [2.05, 4.69) is 15.3 Å². The number of nitrogens with one attached hydrogen (secondary N) is 2. The van der Waals surface area contributed by atoms with Gasteiger partial charge < -0.3 is 19.8 Å². The number of hydrogen-bond acceptors (Lipinski definition) is 8. The molecular weight excluding hydrogens is 512 g/mol. The summed E-state index contributed by atoms with van der Waals surface area (Å²) in [6.45, 7) is 7.86. The molecule has 0 bridgehead atoms. The molecule has 1 unspecified atom stereocenters. The number of nitrogens with zero attached hydrogens (tertiary/aromatic N) is 4. The number of imidazole rings is 1. The van der Waals surface area contributed by atoms with E-state index in [1.165, 1.54) is 12.3 Å². The van der Waals surface area contributed by atoms with Crippen LogP contribution in [0.1, 0.15) is 85.2 Å². The van der Waals surface area contributed by atoms with Crippen molar-refractivity contribution in [2.45, 2.75) is 58.6 Å². The molecule has 2 aromatic heterocycles. The molecule has 1 aliphatic heterocycles. The van der Waals surface area contributed by atoms with Gasteiger partial charge in [0, 0.05) is 23.9 Å². The maximum atomic E-state index is 13.0. The lowest BCUT2D eigenvalue weighted by molar-refractivity contribution is 0.00853. The van der Waals surface area contributed by atoms with Crippen LogP contribution in [0, 0.1) is 11.3 Å². The highest BCUT2D eigenvalue weighted by Crippen LogP contribution is 2.33. The number of aromatic amines is 1. The number of carbonyl (C=O) groups is 3. The Balaban J connectivity index is 1.62. The van der Waals surface area contributed by atoms with Gasteiger partial charge in [0.1, 0.15) is 22.9 Å². The van der Waals surface area contributed by atoms with Crippen LogP contribution in [0.25, 0.3) is 11.3 Å². The lowest BCUT2D eigenvalue weighted by Crippen LogP contribution is -2.42. The molecule has 2 N–H and O–H groups in total. The van der Waals surface area contributed by atoms with Gasteiger partial charge in [-0.05, 0) is 71.2 Å². The number of likely N-dealkylation sites (tertiary alicyclic amines) is 1. The van der Waals surface area contributed by atoms with Crippen LogP contribution in [0.5, 0.6) is 0 Å². The number of H-pyrrole nitrogens is 1. The van der Waals surface area contributed by atoms with E-state index in [0.29, 0.717) is 41.2 Å². The Kier molecular flexibility index (Phi) is 8.48. The molecule has 0 radical (unpaired) electrons. The molecule has 1 saturated heterocycles. The normalized spacial score (nSPS) is 15.2. The number of rotatable bonds is 6. The van der Waals surface area contributed by atoms with Gasteiger partial charge in [-0.15, -0.1) is 0 Å². The molecule has 0 aliphatic carbocycles. The van der Waals surface area contributed by atoms with Crippen LogP contribution in [0.2, 0.25) is 0 Å². The highest BCUT2D eigenvalue weighted by atomic mass is 16.6. The number of piperidine rings is 1. The predicted molar refractivity (Wildman–Crippen MR) is 146 cm³/mol. The molecule has 2 amide bonds. The minimum Gasteiger partial charge on any atom is -0.461 e. The van der Waals surface area contributed by atoms with Gasteiger partial charge >= 0.3 is 12.1 Å². The number of amides is 2. The van der Waals surface area contributed by atoms with Gasteiger partial charge in [-0.2, -0.15) is 5.26 Å². The molecule has 208 valence electrons. The quantitative estimate of drug-likeness (QED) is 0.400. The third-order valence-corrected chi connectivity index (χ3v) is 6.20. The number of aromatic nitrogens is 3. The first-order valence-electron chi connectivity index (χ1n) is 13.1. The van der Waals surface area contributed by atoms with Crippen LogP contribution >= 0.6 is 0 Å². The summed E-state index contributed by atoms with van der Waals surface area (Å²) in [5, 5.41) is 11.7. The number of nitriles is 1. The maximum absolute atomic E-state index is 13.0. The second kappa shape index (κ2) is 12.0. The molecule has 1 aromatic carbocycles. The van der Waals surface area contributed by atoms with Crippen LogP contribution < -0.4 is 5.32 Å². The van der Waals surface area contributed by atoms with Crippen LogP contribution in [-0.2, 0) is 9.47 Å². The minimum atomic E-state index is -0.647. The molecule has 0 saturated carbocycles. The Labute approximate surface area is 232 Å². The molecule has 11 nitrogen and oxygen atoms in total. The van der Waals surface area contributed by atoms with Gasteiger partial charge in [-0.1, -0.05) is 12.1 Å². The first kappa shape index (κ1) is 28.3. The van der Waals surface area contributed by atoms with Crippen LogP contribution in [0.4, 0.5) is 10.6 Å². The largest absolute Gasteiger partial charge is 0.461 e. The molecule has 40 heavy (non-hydrogen) atoms. The Hall–Kier alpha value is -4.72. The molecule has 1 atom stereocenters. The molecule has 1 fully saturated rings. The predicted octanol–water partition coefficient (Wildman–Crippen LogP) is 5.23. The fourth-order valence-corrected chi connectivity index (χ4v) is 4.40. The van der Waals surface area contributed by atoms with Crippen molar-refractivity contribution in [1.82, 2.24) is 19.9 Å². The van der Waals surface area contributed by atoms with E-state index in [1.807, 2.05) is 26.8 Å². The first-order valence-corrected chi connectivity index (χ1v) is 13.1. The highest BCUT2D eigenvalue weighted by Gasteiger charge is 2.34. The van der Waals surface area contributed by atoms with Crippen LogP contribution in [0.3, 0.4) is 0 Å². The highest BCUT2D eigenvalue weighted by molar-refractivity contribution is 6.04. The van der Waals surface area contributed by atoms with Gasteiger partial charge in [0.05, 0.1) is 24.3 Å². The summed E-state index contributed by atoms with van der Waals surface area (Å²) in [5.41, 5.74) is 1.20. The fourth-order valence-electron chi connectivity index (χ4n) is 4.40. The summed E-state index contributed by atoms with van der Waals surface area (Å²) in [7, 11) is 0. The van der Waals surface area contributed by atoms with Crippen molar-refractivity contribution in [3.8, 4) is 17.3 Å². The standard InChI is InChI=1S/C29H32N6O5/c1-5-39-27(37)24-23(33-25(34-24)21-8-6-7-15-35(21)28(38)40-29(2,3)4)19-9-11-20(12-10-19)26(36)32-22-16-18(17-30)13-14-31-22/h9-14,16,21H,5-8,15H2,1-4H3,(H,33,34)(H,31,32,36). The zero-order valence-electron chi connectivity index (χ0n) is 23.0. The molecule has 11 heteroatoms. The van der Waals surface area contributed by atoms with Gasteiger partial charge in [0.15, 0.2) is 5.69 Å². The van der Waals surface area contributed by atoms with Crippen molar-refractivity contribution < 1.29 is 23.9 Å². The first-order chi connectivity index (χ1) is 19.1. The van der Waals surface area contributed by atoms with Gasteiger partial charge in [-0.3, -0.25) is 9.69 Å². The van der Waals surface area contributed by atoms with E-state index >= 15 is 0 Å². The summed E-state index contributed by atoms with van der Waals surface area (Å²) >= 11 is 0. The molecule has 3 aromatic rings. The topological polar surface area (TPSA) is 150 Å². The lowest BCUT2D eigenvalue weighted by Gasteiger charge is -2.35. The van der Waals surface area contributed by atoms with E-state index in [0.717, 1.165) is 12.8 Å². The second-order valence-corrected chi connectivity index (χ2v) is 10.3. The van der Waals surface area contributed by atoms with Crippen molar-refractivity contribution >= 4 is 23.8 Å². The number of ether oxygens (including phenoxy) is 2. The molecular formula is C29H32N6O5. The Morgan fingerprint density at radius 2 is 1.93 bits per heavy atom. The van der Waals surface area contributed by atoms with Crippen LogP contribution in [-0.4, -0.2) is 56.6 Å². The van der Waals surface area contributed by atoms with Crippen LogP contribution in [0.15, 0.2) is 42.6 Å². The van der Waals surface area contributed by atoms with Gasteiger partial charge in [-0.25, -0.2) is 19.6 Å². The summed E-state index contributed by atoms with van der Waals surface area (Å²) in [6.07, 6.45) is 3.41. The summed E-state index contributed by atoms with van der Waals surface area (Å²) in [6, 6.07) is 11.2. The van der Waals surface area contributed by atoms with E-state index in [1.54, 1.807) is 42.2 Å². The number of benzene rings is 1. The van der Waals surface area contributed by atoms with Crippen molar-refractivity contribution in [2.75, 3.05) is 18.5 Å². The van der Waals surface area contributed by atoms with Gasteiger partial charge in [0.25, 0.3) is 5.91 Å². The SMILES string of the molecule is CCOC(=O)c1[nH]c(C2CCCCN2C(=O)OC(C)(C)C)nc1-c1ccc(C(=O)Nc2cc(C#N)ccn2)cc1. The fraction of sp³-hybridized carbons (Fsp3) is 0.379. The van der Waals surface area contributed by atoms with E-state index < -0.39 is 29.6 Å². The smallest absolute Gasteiger partial charge is 0.410 e. The molecule has 0 spiro atoms. The van der Waals surface area contributed by atoms with Crippen molar-refractivity contribution in [3.63, 3.8) is 0 Å². The molecule has 1 aliphatic rings. The monoisotopic (exact) mass is 544 g/mol. The van der Waals surface area contributed by atoms with Crippen molar-refractivity contribution in [2.24, 2.45) is 0 Å². The average Bonchev–Trinajstić information content (AvgIpc) is 3.38. The summed E-state index contributed by atoms with van der Waals surface area (Å²) in [5.74, 6) is -0.246. The number of esters is 1. The number of anilines is 1. The zero-order chi connectivity index (χ0) is 28.9. The van der Waals surface area contributed by atoms with E-state index in [-0.39, 0.29) is 18.1 Å². The molecule has 3 heterocycles. The number of hydrogen-bond donors (Lipinski definition) is 2. The zero-order valence-corrected chi connectivity index (χ0v) is 23.0. The number of pyridine rings is 1. The van der Waals surface area contributed by atoms with E-state index in [9.17, 15) is 14.4 Å². The van der Waals surface area contributed by atoms with E-state index in [4.69, 9.17) is 19.7 Å².